The highest BCUT2D eigenvalue weighted by molar-refractivity contribution is 6.25. The first-order chi connectivity index (χ1) is 17.8. The Balaban J connectivity index is 1.48. The molecule has 1 unspecified atom stereocenters. The molecule has 37 heavy (non-hydrogen) atoms. The second-order valence-electron chi connectivity index (χ2n) is 12.0. The molecule has 0 saturated carbocycles. The van der Waals surface area contributed by atoms with Crippen molar-refractivity contribution < 1.29 is 5.11 Å². The van der Waals surface area contributed by atoms with Gasteiger partial charge in [0, 0.05) is 12.0 Å². The molecule has 7 rings (SSSR count). The van der Waals surface area contributed by atoms with E-state index in [-0.39, 0.29) is 17.4 Å². The van der Waals surface area contributed by atoms with Crippen LogP contribution in [0.1, 0.15) is 50.8 Å². The molecule has 1 N–H and O–H groups in total. The maximum Gasteiger partial charge on any atom is 0.0442 e. The average Bonchev–Trinajstić information content (AvgIpc) is 3.14. The second-order valence-corrected chi connectivity index (χ2v) is 12.0. The number of hydrogen-bond donors (Lipinski definition) is 1. The van der Waals surface area contributed by atoms with Crippen molar-refractivity contribution in [3.8, 4) is 22.3 Å². The maximum atomic E-state index is 10.00. The number of aliphatic hydroxyl groups is 1. The fourth-order valence-electron chi connectivity index (χ4n) is 6.74. The summed E-state index contributed by atoms with van der Waals surface area (Å²) in [6.07, 6.45) is 0.717. The normalized spacial score (nSPS) is 17.1. The van der Waals surface area contributed by atoms with Crippen molar-refractivity contribution in [1.82, 2.24) is 0 Å². The first-order valence-corrected chi connectivity index (χ1v) is 13.4. The van der Waals surface area contributed by atoms with E-state index in [2.05, 4.69) is 119 Å². The first kappa shape index (κ1) is 22.5. The Kier molecular flexibility index (Phi) is 4.66. The molecule has 182 valence electrons. The topological polar surface area (TPSA) is 20.2 Å². The lowest BCUT2D eigenvalue weighted by molar-refractivity contribution is 0.261. The summed E-state index contributed by atoms with van der Waals surface area (Å²) in [6, 6.07) is 34.2. The van der Waals surface area contributed by atoms with Crippen LogP contribution >= 0.6 is 0 Å². The van der Waals surface area contributed by atoms with Crippen LogP contribution in [-0.2, 0) is 10.8 Å². The van der Waals surface area contributed by atoms with Gasteiger partial charge < -0.3 is 5.11 Å². The van der Waals surface area contributed by atoms with Gasteiger partial charge in [-0.1, -0.05) is 113 Å². The SMILES string of the molecule is CC(C)(C)c1cc2ccc3ccc(-c4ccc5c(c4)C(C)(CCO)c4ccccc4-5)c4ccc(c1)c2c34. The van der Waals surface area contributed by atoms with E-state index >= 15 is 0 Å². The molecule has 0 aromatic heterocycles. The third kappa shape index (κ3) is 3.14. The van der Waals surface area contributed by atoms with Gasteiger partial charge in [-0.15, -0.1) is 0 Å². The highest BCUT2D eigenvalue weighted by atomic mass is 16.3. The summed E-state index contributed by atoms with van der Waals surface area (Å²) < 4.78 is 0. The molecule has 0 bridgehead atoms. The largest absolute Gasteiger partial charge is 0.396 e. The van der Waals surface area contributed by atoms with Crippen LogP contribution in [0.25, 0.3) is 54.6 Å². The Labute approximate surface area is 218 Å². The lowest BCUT2D eigenvalue weighted by Gasteiger charge is -2.27. The Morgan fingerprint density at radius 1 is 0.649 bits per heavy atom. The molecule has 0 aliphatic heterocycles. The molecule has 0 fully saturated rings. The molecule has 0 radical (unpaired) electrons. The van der Waals surface area contributed by atoms with E-state index in [1.54, 1.807) is 0 Å². The minimum atomic E-state index is -0.191. The fourth-order valence-corrected chi connectivity index (χ4v) is 6.74. The summed E-state index contributed by atoms with van der Waals surface area (Å²) >= 11 is 0. The summed E-state index contributed by atoms with van der Waals surface area (Å²) in [5.41, 5.74) is 9.04. The van der Waals surface area contributed by atoms with Gasteiger partial charge in [0.25, 0.3) is 0 Å². The van der Waals surface area contributed by atoms with Gasteiger partial charge in [0.1, 0.15) is 0 Å². The Morgan fingerprint density at radius 2 is 1.30 bits per heavy atom. The Bertz CT molecular complexity index is 1820. The molecule has 6 aromatic carbocycles. The van der Waals surface area contributed by atoms with E-state index in [0.29, 0.717) is 0 Å². The van der Waals surface area contributed by atoms with Crippen molar-refractivity contribution in [1.29, 1.82) is 0 Å². The van der Waals surface area contributed by atoms with Crippen LogP contribution < -0.4 is 0 Å². The number of hydrogen-bond acceptors (Lipinski definition) is 1. The first-order valence-electron chi connectivity index (χ1n) is 13.4. The summed E-state index contributed by atoms with van der Waals surface area (Å²) in [7, 11) is 0. The predicted molar refractivity (Wildman–Crippen MR) is 158 cm³/mol. The molecule has 6 aromatic rings. The van der Waals surface area contributed by atoms with Crippen LogP contribution in [0.2, 0.25) is 0 Å². The highest BCUT2D eigenvalue weighted by Crippen LogP contribution is 2.52. The van der Waals surface area contributed by atoms with Crippen molar-refractivity contribution in [2.24, 2.45) is 0 Å². The van der Waals surface area contributed by atoms with Crippen molar-refractivity contribution in [3.05, 3.63) is 108 Å². The zero-order chi connectivity index (χ0) is 25.5. The van der Waals surface area contributed by atoms with Crippen molar-refractivity contribution >= 4 is 32.3 Å². The highest BCUT2D eigenvalue weighted by Gasteiger charge is 2.38. The molecule has 0 amide bonds. The number of fused-ring (bicyclic) bond motifs is 3. The third-order valence-electron chi connectivity index (χ3n) is 8.81. The molecule has 1 heteroatoms. The molecule has 1 aliphatic carbocycles. The predicted octanol–water partition coefficient (Wildman–Crippen LogP) is 9.22. The number of benzene rings is 6. The van der Waals surface area contributed by atoms with Crippen LogP contribution in [-0.4, -0.2) is 11.7 Å². The molecule has 0 heterocycles. The molecule has 1 nitrogen and oxygen atoms in total. The zero-order valence-electron chi connectivity index (χ0n) is 22.0. The number of aliphatic hydroxyl groups excluding tert-OH is 1. The monoisotopic (exact) mass is 480 g/mol. The van der Waals surface area contributed by atoms with Crippen LogP contribution in [0.5, 0.6) is 0 Å². The van der Waals surface area contributed by atoms with E-state index in [9.17, 15) is 5.11 Å². The fraction of sp³-hybridized carbons (Fsp3) is 0.222. The summed E-state index contributed by atoms with van der Waals surface area (Å²) in [4.78, 5) is 0. The van der Waals surface area contributed by atoms with Crippen molar-refractivity contribution in [3.63, 3.8) is 0 Å². The summed E-state index contributed by atoms with van der Waals surface area (Å²) in [5, 5.41) is 17.9. The van der Waals surface area contributed by atoms with Crippen molar-refractivity contribution in [2.45, 2.75) is 44.9 Å². The van der Waals surface area contributed by atoms with Gasteiger partial charge in [0.2, 0.25) is 0 Å². The maximum absolute atomic E-state index is 10.00. The molecular formula is C36H32O. The zero-order valence-corrected chi connectivity index (χ0v) is 22.0. The van der Waals surface area contributed by atoms with Crippen molar-refractivity contribution in [2.75, 3.05) is 6.61 Å². The van der Waals surface area contributed by atoms with Gasteiger partial charge >= 0.3 is 0 Å². The van der Waals surface area contributed by atoms with E-state index in [1.807, 2.05) is 0 Å². The van der Waals surface area contributed by atoms with E-state index in [1.165, 1.54) is 71.3 Å². The summed E-state index contributed by atoms with van der Waals surface area (Å²) in [6.45, 7) is 9.32. The van der Waals surface area contributed by atoms with Crippen LogP contribution in [0, 0.1) is 0 Å². The lowest BCUT2D eigenvalue weighted by Crippen LogP contribution is -2.22. The van der Waals surface area contributed by atoms with Gasteiger partial charge in [-0.3, -0.25) is 0 Å². The van der Waals surface area contributed by atoms with Gasteiger partial charge in [0.05, 0.1) is 0 Å². The van der Waals surface area contributed by atoms with E-state index in [0.717, 1.165) is 6.42 Å². The smallest absolute Gasteiger partial charge is 0.0442 e. The van der Waals surface area contributed by atoms with E-state index in [4.69, 9.17) is 0 Å². The van der Waals surface area contributed by atoms with Gasteiger partial charge in [-0.05, 0) is 89.2 Å². The Morgan fingerprint density at radius 3 is 2.05 bits per heavy atom. The molecule has 1 aliphatic rings. The standard InChI is InChI=1S/C36H32O/c1-35(2,3)26-19-24-10-9-22-11-14-27(30-16-13-25(20-26)33(24)34(22)30)23-12-15-29-28-7-5-6-8-31(28)36(4,17-18-37)32(29)21-23/h5-16,19-21,37H,17-18H2,1-4H3. The van der Waals surface area contributed by atoms with Gasteiger partial charge in [0.15, 0.2) is 0 Å². The molecular weight excluding hydrogens is 448 g/mol. The summed E-state index contributed by atoms with van der Waals surface area (Å²) in [5.74, 6) is 0. The Hall–Kier alpha value is -3.68. The van der Waals surface area contributed by atoms with Gasteiger partial charge in [-0.25, -0.2) is 0 Å². The van der Waals surface area contributed by atoms with Crippen LogP contribution in [0.3, 0.4) is 0 Å². The average molecular weight is 481 g/mol. The lowest BCUT2D eigenvalue weighted by atomic mass is 9.77. The second kappa shape index (κ2) is 7.66. The third-order valence-corrected chi connectivity index (χ3v) is 8.81. The quantitative estimate of drug-likeness (QED) is 0.250. The van der Waals surface area contributed by atoms with Gasteiger partial charge in [-0.2, -0.15) is 0 Å². The van der Waals surface area contributed by atoms with E-state index < -0.39 is 0 Å². The molecule has 1 atom stereocenters. The number of rotatable bonds is 3. The van der Waals surface area contributed by atoms with Crippen LogP contribution in [0.15, 0.2) is 91.0 Å². The molecule has 0 spiro atoms. The van der Waals surface area contributed by atoms with Crippen LogP contribution in [0.4, 0.5) is 0 Å². The minimum absolute atomic E-state index is 0.110. The molecule has 0 saturated heterocycles. The minimum Gasteiger partial charge on any atom is -0.396 e.